The second-order valence-electron chi connectivity index (χ2n) is 4.20. The lowest BCUT2D eigenvalue weighted by Gasteiger charge is -2.24. The summed E-state index contributed by atoms with van der Waals surface area (Å²) in [5.74, 6) is 0.802. The predicted octanol–water partition coefficient (Wildman–Crippen LogP) is 2.48. The number of anilines is 2. The Morgan fingerprint density at radius 1 is 1.56 bits per heavy atom. The van der Waals surface area contributed by atoms with Gasteiger partial charge in [-0.3, -0.25) is 0 Å². The van der Waals surface area contributed by atoms with Crippen LogP contribution in [-0.2, 0) is 0 Å². The average Bonchev–Trinajstić information content (AvgIpc) is 3.08. The highest BCUT2D eigenvalue weighted by molar-refractivity contribution is 6.28. The van der Waals surface area contributed by atoms with Crippen LogP contribution in [-0.4, -0.2) is 22.6 Å². The number of hydrogen-bond acceptors (Lipinski definition) is 4. The SMILES string of the molecule is CCCCN(c1nc(Cl)ncc1N)C1CC1. The van der Waals surface area contributed by atoms with Crippen LogP contribution in [0.2, 0.25) is 5.28 Å². The van der Waals surface area contributed by atoms with Crippen LogP contribution in [0.15, 0.2) is 6.20 Å². The van der Waals surface area contributed by atoms with Crippen molar-refractivity contribution >= 4 is 23.1 Å². The molecule has 1 heterocycles. The third kappa shape index (κ3) is 2.55. The molecule has 16 heavy (non-hydrogen) atoms. The van der Waals surface area contributed by atoms with Gasteiger partial charge in [-0.2, -0.15) is 4.98 Å². The molecule has 1 aliphatic rings. The first kappa shape index (κ1) is 11.5. The molecule has 0 saturated heterocycles. The van der Waals surface area contributed by atoms with Crippen molar-refractivity contribution in [3.63, 3.8) is 0 Å². The molecule has 2 N–H and O–H groups in total. The minimum atomic E-state index is 0.270. The van der Waals surface area contributed by atoms with E-state index in [9.17, 15) is 0 Å². The largest absolute Gasteiger partial charge is 0.394 e. The Kier molecular flexibility index (Phi) is 3.49. The van der Waals surface area contributed by atoms with Gasteiger partial charge in [0.05, 0.1) is 11.9 Å². The Bertz CT molecular complexity index is 365. The van der Waals surface area contributed by atoms with Gasteiger partial charge in [0.15, 0.2) is 5.82 Å². The highest BCUT2D eigenvalue weighted by Gasteiger charge is 2.30. The normalized spacial score (nSPS) is 15.1. The molecule has 0 radical (unpaired) electrons. The van der Waals surface area contributed by atoms with E-state index in [0.29, 0.717) is 11.7 Å². The van der Waals surface area contributed by atoms with Crippen LogP contribution in [0.25, 0.3) is 0 Å². The average molecular weight is 241 g/mol. The highest BCUT2D eigenvalue weighted by Crippen LogP contribution is 2.33. The molecular weight excluding hydrogens is 224 g/mol. The van der Waals surface area contributed by atoms with E-state index in [1.54, 1.807) is 6.20 Å². The summed E-state index contributed by atoms with van der Waals surface area (Å²) < 4.78 is 0. The van der Waals surface area contributed by atoms with E-state index in [-0.39, 0.29) is 5.28 Å². The minimum absolute atomic E-state index is 0.270. The molecule has 1 aromatic rings. The van der Waals surface area contributed by atoms with E-state index >= 15 is 0 Å². The van der Waals surface area contributed by atoms with Crippen LogP contribution >= 0.6 is 11.6 Å². The van der Waals surface area contributed by atoms with Crippen molar-refractivity contribution in [1.29, 1.82) is 0 Å². The Labute approximate surface area is 101 Å². The van der Waals surface area contributed by atoms with Gasteiger partial charge in [0.2, 0.25) is 5.28 Å². The molecule has 5 heteroatoms. The molecule has 1 aromatic heterocycles. The van der Waals surface area contributed by atoms with Crippen LogP contribution in [0.5, 0.6) is 0 Å². The zero-order chi connectivity index (χ0) is 11.5. The maximum atomic E-state index is 5.90. The van der Waals surface area contributed by atoms with E-state index < -0.39 is 0 Å². The molecule has 0 atom stereocenters. The van der Waals surface area contributed by atoms with E-state index in [2.05, 4.69) is 21.8 Å². The Balaban J connectivity index is 2.19. The van der Waals surface area contributed by atoms with Crippen LogP contribution in [0.3, 0.4) is 0 Å². The lowest BCUT2D eigenvalue weighted by atomic mass is 10.3. The number of halogens is 1. The molecule has 1 saturated carbocycles. The van der Waals surface area contributed by atoms with Gasteiger partial charge < -0.3 is 10.6 Å². The summed E-state index contributed by atoms with van der Waals surface area (Å²) in [5, 5.41) is 0.270. The quantitative estimate of drug-likeness (QED) is 0.804. The van der Waals surface area contributed by atoms with Crippen molar-refractivity contribution in [3.05, 3.63) is 11.5 Å². The number of aromatic nitrogens is 2. The summed E-state index contributed by atoms with van der Waals surface area (Å²) in [4.78, 5) is 10.4. The third-order valence-corrected chi connectivity index (χ3v) is 2.96. The number of nitrogens with two attached hydrogens (primary N) is 1. The van der Waals surface area contributed by atoms with E-state index in [0.717, 1.165) is 18.8 Å². The molecule has 0 spiro atoms. The van der Waals surface area contributed by atoms with E-state index in [1.807, 2.05) is 0 Å². The fourth-order valence-electron chi connectivity index (χ4n) is 1.77. The van der Waals surface area contributed by atoms with Crippen molar-refractivity contribution in [1.82, 2.24) is 9.97 Å². The smallest absolute Gasteiger partial charge is 0.224 e. The van der Waals surface area contributed by atoms with Crippen LogP contribution in [0.4, 0.5) is 11.5 Å². The maximum Gasteiger partial charge on any atom is 0.224 e. The summed E-state index contributed by atoms with van der Waals surface area (Å²) in [7, 11) is 0. The van der Waals surface area contributed by atoms with Crippen molar-refractivity contribution in [2.75, 3.05) is 17.2 Å². The fourth-order valence-corrected chi connectivity index (χ4v) is 1.90. The van der Waals surface area contributed by atoms with E-state index in [1.165, 1.54) is 19.3 Å². The topological polar surface area (TPSA) is 55.0 Å². The first-order chi connectivity index (χ1) is 7.72. The second kappa shape index (κ2) is 4.87. The zero-order valence-corrected chi connectivity index (χ0v) is 10.2. The molecule has 88 valence electrons. The number of unbranched alkanes of at least 4 members (excludes halogenated alkanes) is 1. The third-order valence-electron chi connectivity index (χ3n) is 2.78. The molecule has 1 fully saturated rings. The highest BCUT2D eigenvalue weighted by atomic mass is 35.5. The lowest BCUT2D eigenvalue weighted by Crippen LogP contribution is -2.28. The van der Waals surface area contributed by atoms with Gasteiger partial charge in [-0.25, -0.2) is 4.98 Å². The zero-order valence-electron chi connectivity index (χ0n) is 9.49. The van der Waals surface area contributed by atoms with Gasteiger partial charge in [-0.15, -0.1) is 0 Å². The summed E-state index contributed by atoms with van der Waals surface area (Å²) >= 11 is 5.82. The molecule has 1 aliphatic carbocycles. The molecule has 2 rings (SSSR count). The fraction of sp³-hybridized carbons (Fsp3) is 0.636. The van der Waals surface area contributed by atoms with Gasteiger partial charge in [0.1, 0.15) is 0 Å². The van der Waals surface area contributed by atoms with Crippen LogP contribution in [0.1, 0.15) is 32.6 Å². The van der Waals surface area contributed by atoms with Crippen molar-refractivity contribution in [2.45, 2.75) is 38.6 Å². The first-order valence-corrected chi connectivity index (χ1v) is 6.14. The Hall–Kier alpha value is -1.03. The summed E-state index contributed by atoms with van der Waals surface area (Å²) in [5.41, 5.74) is 6.52. The number of nitrogen functional groups attached to an aromatic ring is 1. The molecular formula is C11H17ClN4. The van der Waals surface area contributed by atoms with E-state index in [4.69, 9.17) is 17.3 Å². The van der Waals surface area contributed by atoms with Crippen molar-refractivity contribution in [2.24, 2.45) is 0 Å². The standard InChI is InChI=1S/C11H17ClN4/c1-2-3-6-16(8-4-5-8)10-9(13)7-14-11(12)15-10/h7-8H,2-6,13H2,1H3. The second-order valence-corrected chi connectivity index (χ2v) is 4.53. The first-order valence-electron chi connectivity index (χ1n) is 5.77. The van der Waals surface area contributed by atoms with Crippen molar-refractivity contribution < 1.29 is 0 Å². The number of nitrogens with zero attached hydrogens (tertiary/aromatic N) is 3. The summed E-state index contributed by atoms with van der Waals surface area (Å²) in [6.45, 7) is 3.18. The molecule has 0 amide bonds. The van der Waals surface area contributed by atoms with Gasteiger partial charge >= 0.3 is 0 Å². The molecule has 4 nitrogen and oxygen atoms in total. The minimum Gasteiger partial charge on any atom is -0.394 e. The Morgan fingerprint density at radius 2 is 2.31 bits per heavy atom. The van der Waals surface area contributed by atoms with Crippen molar-refractivity contribution in [3.8, 4) is 0 Å². The molecule has 0 unspecified atom stereocenters. The monoisotopic (exact) mass is 240 g/mol. The predicted molar refractivity (Wildman–Crippen MR) is 66.7 cm³/mol. The molecule has 0 bridgehead atoms. The number of rotatable bonds is 5. The molecule has 0 aliphatic heterocycles. The van der Waals surface area contributed by atoms with Gasteiger partial charge in [-0.05, 0) is 30.9 Å². The summed E-state index contributed by atoms with van der Waals surface area (Å²) in [6.07, 6.45) is 6.36. The van der Waals surface area contributed by atoms with Crippen LogP contribution < -0.4 is 10.6 Å². The van der Waals surface area contributed by atoms with Gasteiger partial charge in [-0.1, -0.05) is 13.3 Å². The summed E-state index contributed by atoms with van der Waals surface area (Å²) in [6, 6.07) is 0.597. The maximum absolute atomic E-state index is 5.90. The number of hydrogen-bond donors (Lipinski definition) is 1. The van der Waals surface area contributed by atoms with Crippen LogP contribution in [0, 0.1) is 0 Å². The van der Waals surface area contributed by atoms with Gasteiger partial charge in [0.25, 0.3) is 0 Å². The Morgan fingerprint density at radius 3 is 2.94 bits per heavy atom. The molecule has 0 aromatic carbocycles. The van der Waals surface area contributed by atoms with Gasteiger partial charge in [0, 0.05) is 12.6 Å². The lowest BCUT2D eigenvalue weighted by molar-refractivity contribution is 0.704.